The van der Waals surface area contributed by atoms with Crippen LogP contribution in [-0.4, -0.2) is 38.9 Å². The maximum absolute atomic E-state index is 12.8. The van der Waals surface area contributed by atoms with Gasteiger partial charge in [0.25, 0.3) is 0 Å². The molecule has 2 aromatic carbocycles. The Labute approximate surface area is 178 Å². The van der Waals surface area contributed by atoms with E-state index in [2.05, 4.69) is 15.7 Å². The average Bonchev–Trinajstić information content (AvgIpc) is 3.19. The summed E-state index contributed by atoms with van der Waals surface area (Å²) in [5.74, 6) is -1.53. The number of nitrogens with one attached hydrogen (secondary N) is 2. The van der Waals surface area contributed by atoms with Crippen molar-refractivity contribution in [3.05, 3.63) is 84.2 Å². The molecule has 9 heteroatoms. The van der Waals surface area contributed by atoms with Gasteiger partial charge in [-0.15, -0.1) is 0 Å². The van der Waals surface area contributed by atoms with Gasteiger partial charge in [-0.2, -0.15) is 5.10 Å². The van der Waals surface area contributed by atoms with E-state index in [1.54, 1.807) is 0 Å². The van der Waals surface area contributed by atoms with Gasteiger partial charge in [-0.1, -0.05) is 60.7 Å². The van der Waals surface area contributed by atoms with E-state index in [4.69, 9.17) is 9.84 Å². The van der Waals surface area contributed by atoms with Gasteiger partial charge < -0.3 is 20.5 Å². The number of carboxylic acids is 1. The lowest BCUT2D eigenvalue weighted by atomic mass is 10.1. The number of ether oxygens (including phenoxy) is 1. The third-order valence-corrected chi connectivity index (χ3v) is 4.30. The number of hydrogen-bond acceptors (Lipinski definition) is 5. The molecule has 0 radical (unpaired) electrons. The first-order valence-electron chi connectivity index (χ1n) is 9.56. The van der Waals surface area contributed by atoms with E-state index in [1.807, 2.05) is 60.7 Å². The van der Waals surface area contributed by atoms with Crippen molar-refractivity contribution < 1.29 is 24.2 Å². The summed E-state index contributed by atoms with van der Waals surface area (Å²) in [5, 5.41) is 18.0. The highest BCUT2D eigenvalue weighted by molar-refractivity contribution is 5.96. The van der Waals surface area contributed by atoms with Gasteiger partial charge in [0.15, 0.2) is 0 Å². The molecular formula is C22H22N4O5. The van der Waals surface area contributed by atoms with Crippen LogP contribution in [0.2, 0.25) is 0 Å². The number of alkyl carbamates (subject to hydrolysis) is 1. The van der Waals surface area contributed by atoms with Crippen LogP contribution in [0, 0.1) is 0 Å². The Bertz CT molecular complexity index is 1020. The zero-order valence-corrected chi connectivity index (χ0v) is 16.6. The van der Waals surface area contributed by atoms with E-state index in [-0.39, 0.29) is 19.6 Å². The van der Waals surface area contributed by atoms with E-state index in [9.17, 15) is 14.4 Å². The summed E-state index contributed by atoms with van der Waals surface area (Å²) < 4.78 is 6.42. The summed E-state index contributed by atoms with van der Waals surface area (Å²) in [6.07, 6.45) is 2.27. The second-order valence-corrected chi connectivity index (χ2v) is 6.76. The van der Waals surface area contributed by atoms with Gasteiger partial charge in [0, 0.05) is 12.6 Å². The van der Waals surface area contributed by atoms with Crippen LogP contribution in [0.1, 0.15) is 11.1 Å². The van der Waals surface area contributed by atoms with Gasteiger partial charge in [-0.3, -0.25) is 14.3 Å². The highest BCUT2D eigenvalue weighted by Crippen LogP contribution is 2.09. The Balaban J connectivity index is 1.64. The molecule has 31 heavy (non-hydrogen) atoms. The Hall–Kier alpha value is -4.14. The molecule has 160 valence electrons. The molecule has 0 fully saturated rings. The quantitative estimate of drug-likeness (QED) is 0.487. The molecule has 0 saturated heterocycles. The number of nitrogens with zero attached hydrogens (tertiary/aromatic N) is 2. The molecule has 1 aromatic heterocycles. The summed E-state index contributed by atoms with van der Waals surface area (Å²) >= 11 is 0. The predicted molar refractivity (Wildman–Crippen MR) is 112 cm³/mol. The molecule has 0 saturated carbocycles. The molecule has 3 rings (SSSR count). The molecule has 3 aromatic rings. The number of hydrogen-bond donors (Lipinski definition) is 3. The number of benzene rings is 2. The van der Waals surface area contributed by atoms with E-state index < -0.39 is 24.0 Å². The molecule has 9 nitrogen and oxygen atoms in total. The van der Waals surface area contributed by atoms with E-state index >= 15 is 0 Å². The van der Waals surface area contributed by atoms with Crippen LogP contribution in [0.5, 0.6) is 0 Å². The number of rotatable bonds is 9. The number of carbonyl (C=O) groups excluding carboxylic acids is 2. The summed E-state index contributed by atoms with van der Waals surface area (Å²) in [6.45, 7) is -0.248. The minimum atomic E-state index is -1.05. The van der Waals surface area contributed by atoms with Crippen molar-refractivity contribution in [3.8, 4) is 0 Å². The SMILES string of the molecule is O=C(O)Cn1cc(NC(=O)[C@H](Cc2ccccc2)NC(=O)OCc2ccccc2)cn1. The Kier molecular flexibility index (Phi) is 7.36. The van der Waals surface area contributed by atoms with Gasteiger partial charge in [-0.25, -0.2) is 4.79 Å². The van der Waals surface area contributed by atoms with Crippen molar-refractivity contribution >= 4 is 23.7 Å². The number of anilines is 1. The predicted octanol–water partition coefficient (Wildman–Crippen LogP) is 2.44. The molecule has 2 amide bonds. The molecule has 3 N–H and O–H groups in total. The Morgan fingerprint density at radius 3 is 2.29 bits per heavy atom. The highest BCUT2D eigenvalue weighted by atomic mass is 16.5. The fourth-order valence-corrected chi connectivity index (χ4v) is 2.85. The number of amides is 2. The second-order valence-electron chi connectivity index (χ2n) is 6.76. The third kappa shape index (κ3) is 7.00. The molecule has 1 atom stereocenters. The summed E-state index contributed by atoms with van der Waals surface area (Å²) in [6, 6.07) is 17.5. The maximum atomic E-state index is 12.8. The van der Waals surface area contributed by atoms with Gasteiger partial charge in [-0.05, 0) is 11.1 Å². The van der Waals surface area contributed by atoms with Crippen LogP contribution >= 0.6 is 0 Å². The van der Waals surface area contributed by atoms with Crippen molar-refractivity contribution in [2.45, 2.75) is 25.6 Å². The molecule has 1 heterocycles. The van der Waals surface area contributed by atoms with Gasteiger partial charge in [0.05, 0.1) is 11.9 Å². The molecule has 0 bridgehead atoms. The third-order valence-electron chi connectivity index (χ3n) is 4.30. The second kappa shape index (κ2) is 10.6. The van der Waals surface area contributed by atoms with Crippen LogP contribution in [-0.2, 0) is 33.9 Å². The summed E-state index contributed by atoms with van der Waals surface area (Å²) in [7, 11) is 0. The minimum absolute atomic E-state index is 0.0777. The van der Waals surface area contributed by atoms with E-state index in [0.29, 0.717) is 5.69 Å². The lowest BCUT2D eigenvalue weighted by Gasteiger charge is -2.18. The molecule has 0 aliphatic heterocycles. The van der Waals surface area contributed by atoms with Crippen LogP contribution < -0.4 is 10.6 Å². The fraction of sp³-hybridized carbons (Fsp3) is 0.182. The van der Waals surface area contributed by atoms with Crippen LogP contribution in [0.3, 0.4) is 0 Å². The van der Waals surface area contributed by atoms with Crippen LogP contribution in [0.4, 0.5) is 10.5 Å². The summed E-state index contributed by atoms with van der Waals surface area (Å²) in [5.41, 5.74) is 2.00. The number of aliphatic carboxylic acids is 1. The Morgan fingerprint density at radius 1 is 1.00 bits per heavy atom. The molecule has 0 aliphatic carbocycles. The van der Waals surface area contributed by atoms with Gasteiger partial charge in [0.1, 0.15) is 19.2 Å². The lowest BCUT2D eigenvalue weighted by Crippen LogP contribution is -2.45. The molecule has 0 aliphatic rings. The monoisotopic (exact) mass is 422 g/mol. The van der Waals surface area contributed by atoms with Crippen molar-refractivity contribution in [2.24, 2.45) is 0 Å². The molecular weight excluding hydrogens is 400 g/mol. The first-order valence-corrected chi connectivity index (χ1v) is 9.56. The smallest absolute Gasteiger partial charge is 0.408 e. The average molecular weight is 422 g/mol. The lowest BCUT2D eigenvalue weighted by molar-refractivity contribution is -0.137. The van der Waals surface area contributed by atoms with Crippen molar-refractivity contribution in [2.75, 3.05) is 5.32 Å². The minimum Gasteiger partial charge on any atom is -0.480 e. The number of carbonyl (C=O) groups is 3. The normalized spacial score (nSPS) is 11.4. The first kappa shape index (κ1) is 21.6. The number of carboxylic acid groups (broad SMARTS) is 1. The number of aromatic nitrogens is 2. The van der Waals surface area contributed by atoms with Crippen molar-refractivity contribution in [1.29, 1.82) is 0 Å². The van der Waals surface area contributed by atoms with E-state index in [1.165, 1.54) is 17.1 Å². The standard InChI is InChI=1S/C22H22N4O5/c27-20(28)14-26-13-18(12-23-26)24-21(29)19(11-16-7-3-1-4-8-16)25-22(30)31-15-17-9-5-2-6-10-17/h1-10,12-13,19H,11,14-15H2,(H,24,29)(H,25,30)(H,27,28)/t19-/m0/s1. The maximum Gasteiger partial charge on any atom is 0.408 e. The highest BCUT2D eigenvalue weighted by Gasteiger charge is 2.23. The van der Waals surface area contributed by atoms with Crippen molar-refractivity contribution in [1.82, 2.24) is 15.1 Å². The van der Waals surface area contributed by atoms with Gasteiger partial charge >= 0.3 is 12.1 Å². The topological polar surface area (TPSA) is 123 Å². The molecule has 0 unspecified atom stereocenters. The summed E-state index contributed by atoms with van der Waals surface area (Å²) in [4.78, 5) is 35.9. The zero-order valence-electron chi connectivity index (χ0n) is 16.6. The van der Waals surface area contributed by atoms with Crippen molar-refractivity contribution in [3.63, 3.8) is 0 Å². The van der Waals surface area contributed by atoms with Gasteiger partial charge in [0.2, 0.25) is 5.91 Å². The zero-order chi connectivity index (χ0) is 22.1. The van der Waals surface area contributed by atoms with Crippen LogP contribution in [0.15, 0.2) is 73.1 Å². The largest absolute Gasteiger partial charge is 0.480 e. The first-order chi connectivity index (χ1) is 15.0. The Morgan fingerprint density at radius 2 is 1.65 bits per heavy atom. The fourth-order valence-electron chi connectivity index (χ4n) is 2.85. The molecule has 0 spiro atoms. The van der Waals surface area contributed by atoms with E-state index in [0.717, 1.165) is 11.1 Å². The van der Waals surface area contributed by atoms with Crippen LogP contribution in [0.25, 0.3) is 0 Å².